The van der Waals surface area contributed by atoms with E-state index in [0.717, 1.165) is 36.0 Å². The third kappa shape index (κ3) is 4.74. The molecule has 1 aliphatic heterocycles. The third-order valence-electron chi connectivity index (χ3n) is 6.31. The van der Waals surface area contributed by atoms with Crippen LogP contribution in [0.4, 0.5) is 0 Å². The van der Waals surface area contributed by atoms with Crippen molar-refractivity contribution < 1.29 is 14.6 Å². The van der Waals surface area contributed by atoms with Gasteiger partial charge in [0.05, 0.1) is 18.8 Å². The average molecular weight is 417 g/mol. The van der Waals surface area contributed by atoms with Gasteiger partial charge in [-0.1, -0.05) is 97.9 Å². The van der Waals surface area contributed by atoms with Gasteiger partial charge < -0.3 is 14.6 Å². The Kier molecular flexibility index (Phi) is 7.18. The summed E-state index contributed by atoms with van der Waals surface area (Å²) in [5.74, 6) is 0.472. The Labute approximate surface area is 185 Å². The van der Waals surface area contributed by atoms with Crippen LogP contribution in [-0.2, 0) is 15.1 Å². The van der Waals surface area contributed by atoms with E-state index in [9.17, 15) is 5.11 Å². The van der Waals surface area contributed by atoms with Gasteiger partial charge in [-0.25, -0.2) is 0 Å². The molecule has 3 aromatic rings. The zero-order valence-corrected chi connectivity index (χ0v) is 18.2. The van der Waals surface area contributed by atoms with E-state index in [2.05, 4.69) is 79.7 Å². The molecule has 0 unspecified atom stereocenters. The molecule has 162 valence electrons. The zero-order chi connectivity index (χ0) is 21.5. The molecule has 1 N–H and O–H groups in total. The van der Waals surface area contributed by atoms with Crippen molar-refractivity contribution >= 4 is 0 Å². The van der Waals surface area contributed by atoms with Gasteiger partial charge in [0.1, 0.15) is 5.60 Å². The van der Waals surface area contributed by atoms with Gasteiger partial charge in [-0.05, 0) is 41.9 Å². The van der Waals surface area contributed by atoms with Crippen LogP contribution < -0.4 is 0 Å². The van der Waals surface area contributed by atoms with E-state index in [1.54, 1.807) is 0 Å². The number of rotatable bonds is 9. The van der Waals surface area contributed by atoms with Crippen molar-refractivity contribution in [1.29, 1.82) is 0 Å². The van der Waals surface area contributed by atoms with Gasteiger partial charge in [-0.15, -0.1) is 0 Å². The highest BCUT2D eigenvalue weighted by atomic mass is 16.6. The summed E-state index contributed by atoms with van der Waals surface area (Å²) in [7, 11) is 0. The molecule has 3 atom stereocenters. The summed E-state index contributed by atoms with van der Waals surface area (Å²) >= 11 is 0. The van der Waals surface area contributed by atoms with Crippen LogP contribution in [0.2, 0.25) is 0 Å². The molecule has 3 aromatic carbocycles. The molecule has 0 spiro atoms. The normalized spacial score (nSPS) is 21.3. The summed E-state index contributed by atoms with van der Waals surface area (Å²) in [6, 6.07) is 31.4. The van der Waals surface area contributed by atoms with Crippen LogP contribution in [0, 0.1) is 5.92 Å². The second-order valence-corrected chi connectivity index (χ2v) is 8.47. The Morgan fingerprint density at radius 3 is 1.77 bits per heavy atom. The molecule has 1 heterocycles. The van der Waals surface area contributed by atoms with Gasteiger partial charge in [0.2, 0.25) is 0 Å². The first kappa shape index (κ1) is 21.8. The lowest BCUT2D eigenvalue weighted by Crippen LogP contribution is -2.35. The molecule has 1 fully saturated rings. The van der Waals surface area contributed by atoms with Gasteiger partial charge >= 0.3 is 0 Å². The average Bonchev–Trinajstić information content (AvgIpc) is 3.19. The van der Waals surface area contributed by atoms with E-state index in [1.165, 1.54) is 0 Å². The van der Waals surface area contributed by atoms with Crippen LogP contribution >= 0.6 is 0 Å². The minimum atomic E-state index is -0.709. The van der Waals surface area contributed by atoms with E-state index in [4.69, 9.17) is 9.47 Å². The van der Waals surface area contributed by atoms with Gasteiger partial charge in [0.15, 0.2) is 0 Å². The molecule has 0 saturated carbocycles. The Morgan fingerprint density at radius 2 is 1.32 bits per heavy atom. The summed E-state index contributed by atoms with van der Waals surface area (Å²) in [6.07, 6.45) is 2.90. The fourth-order valence-corrected chi connectivity index (χ4v) is 4.74. The first-order valence-electron chi connectivity index (χ1n) is 11.3. The Bertz CT molecular complexity index is 814. The molecule has 3 nitrogen and oxygen atoms in total. The molecular formula is C28H32O3. The fraction of sp³-hybridized carbons (Fsp3) is 0.357. The minimum absolute atomic E-state index is 0.0502. The van der Waals surface area contributed by atoms with Crippen LogP contribution in [0.3, 0.4) is 0 Å². The molecule has 1 aliphatic rings. The van der Waals surface area contributed by atoms with E-state index >= 15 is 0 Å². The second-order valence-electron chi connectivity index (χ2n) is 8.47. The maximum absolute atomic E-state index is 9.19. The van der Waals surface area contributed by atoms with Crippen molar-refractivity contribution in [2.45, 2.75) is 44.0 Å². The lowest BCUT2D eigenvalue weighted by atomic mass is 9.80. The van der Waals surface area contributed by atoms with Crippen molar-refractivity contribution in [3.05, 3.63) is 108 Å². The lowest BCUT2D eigenvalue weighted by molar-refractivity contribution is -0.0647. The first-order chi connectivity index (χ1) is 15.2. The summed E-state index contributed by atoms with van der Waals surface area (Å²) in [4.78, 5) is 0. The van der Waals surface area contributed by atoms with Gasteiger partial charge in [-0.2, -0.15) is 0 Å². The quantitative estimate of drug-likeness (QED) is 0.464. The van der Waals surface area contributed by atoms with Crippen LogP contribution in [0.5, 0.6) is 0 Å². The van der Waals surface area contributed by atoms with Crippen molar-refractivity contribution in [2.24, 2.45) is 5.92 Å². The van der Waals surface area contributed by atoms with Gasteiger partial charge in [0.25, 0.3) is 0 Å². The van der Waals surface area contributed by atoms with Gasteiger partial charge in [-0.3, -0.25) is 0 Å². The lowest BCUT2D eigenvalue weighted by Gasteiger charge is -2.36. The van der Waals surface area contributed by atoms with Crippen LogP contribution in [0.15, 0.2) is 91.0 Å². The number of hydrogen-bond donors (Lipinski definition) is 1. The van der Waals surface area contributed by atoms with Crippen molar-refractivity contribution in [3.63, 3.8) is 0 Å². The molecule has 0 bridgehead atoms. The topological polar surface area (TPSA) is 38.7 Å². The Morgan fingerprint density at radius 1 is 0.839 bits per heavy atom. The van der Waals surface area contributed by atoms with Crippen molar-refractivity contribution in [1.82, 2.24) is 0 Å². The number of benzene rings is 3. The highest BCUT2D eigenvalue weighted by Gasteiger charge is 2.40. The molecule has 0 amide bonds. The predicted molar refractivity (Wildman–Crippen MR) is 124 cm³/mol. The fourth-order valence-electron chi connectivity index (χ4n) is 4.74. The maximum atomic E-state index is 9.19. The highest BCUT2D eigenvalue weighted by Crippen LogP contribution is 2.41. The number of aliphatic hydroxyl groups excluding tert-OH is 1. The minimum Gasteiger partial charge on any atom is -0.396 e. The Hall–Kier alpha value is -2.46. The molecule has 0 aliphatic carbocycles. The molecule has 31 heavy (non-hydrogen) atoms. The SMILES string of the molecule is C[C@H]1C[C@H](COC(c2ccccc2)(c2ccccc2)c2ccccc2)O[C@H]1CCCO. The molecular weight excluding hydrogens is 384 g/mol. The van der Waals surface area contributed by atoms with Crippen LogP contribution in [0.1, 0.15) is 42.9 Å². The smallest absolute Gasteiger partial charge is 0.143 e. The van der Waals surface area contributed by atoms with E-state index in [0.29, 0.717) is 12.5 Å². The molecule has 1 saturated heterocycles. The van der Waals surface area contributed by atoms with Crippen molar-refractivity contribution in [2.75, 3.05) is 13.2 Å². The van der Waals surface area contributed by atoms with Crippen molar-refractivity contribution in [3.8, 4) is 0 Å². The predicted octanol–water partition coefficient (Wildman–Crippen LogP) is 5.56. The number of hydrogen-bond acceptors (Lipinski definition) is 3. The summed E-state index contributed by atoms with van der Waals surface area (Å²) in [5, 5.41) is 9.19. The number of ether oxygens (including phenoxy) is 2. The largest absolute Gasteiger partial charge is 0.396 e. The summed E-state index contributed by atoms with van der Waals surface area (Å²) in [6.45, 7) is 2.96. The van der Waals surface area contributed by atoms with Crippen LogP contribution in [-0.4, -0.2) is 30.5 Å². The molecule has 0 radical (unpaired) electrons. The maximum Gasteiger partial charge on any atom is 0.143 e. The monoisotopic (exact) mass is 416 g/mol. The highest BCUT2D eigenvalue weighted by molar-refractivity contribution is 5.47. The summed E-state index contributed by atoms with van der Waals surface area (Å²) in [5.41, 5.74) is 2.61. The molecule has 3 heteroatoms. The van der Waals surface area contributed by atoms with E-state index < -0.39 is 5.60 Å². The third-order valence-corrected chi connectivity index (χ3v) is 6.31. The van der Waals surface area contributed by atoms with Gasteiger partial charge in [0, 0.05) is 6.61 Å². The van der Waals surface area contributed by atoms with Crippen LogP contribution in [0.25, 0.3) is 0 Å². The standard InChI is InChI=1S/C28H32O3/c1-22-20-26(31-27(22)18-11-19-29)21-30-28(23-12-5-2-6-13-23,24-14-7-3-8-15-24)25-16-9-4-10-17-25/h2-10,12-17,22,26-27,29H,11,18-21H2,1H3/t22-,26+,27-/m0/s1. The molecule has 0 aromatic heterocycles. The second kappa shape index (κ2) is 10.2. The molecule has 4 rings (SSSR count). The number of aliphatic hydroxyl groups is 1. The van der Waals surface area contributed by atoms with E-state index in [-0.39, 0.29) is 18.8 Å². The summed E-state index contributed by atoms with van der Waals surface area (Å²) < 4.78 is 13.2. The first-order valence-corrected chi connectivity index (χ1v) is 11.3. The Balaban J connectivity index is 1.68. The van der Waals surface area contributed by atoms with E-state index in [1.807, 2.05) is 18.2 Å². The zero-order valence-electron chi connectivity index (χ0n) is 18.2.